The van der Waals surface area contributed by atoms with Crippen LogP contribution in [0.15, 0.2) is 36.4 Å². The number of aromatic nitrogens is 1. The third-order valence-corrected chi connectivity index (χ3v) is 4.11. The van der Waals surface area contributed by atoms with Crippen molar-refractivity contribution in [2.75, 3.05) is 11.9 Å². The lowest BCUT2D eigenvalue weighted by Gasteiger charge is -2.16. The molecule has 0 aliphatic carbocycles. The van der Waals surface area contributed by atoms with Gasteiger partial charge in [-0.05, 0) is 30.7 Å². The summed E-state index contributed by atoms with van der Waals surface area (Å²) >= 11 is 0. The molecule has 1 heterocycles. The highest BCUT2D eigenvalue weighted by molar-refractivity contribution is 6.09. The first-order valence-corrected chi connectivity index (χ1v) is 7.81. The van der Waals surface area contributed by atoms with Crippen molar-refractivity contribution in [3.63, 3.8) is 0 Å². The molecule has 1 aromatic heterocycles. The van der Waals surface area contributed by atoms with Gasteiger partial charge in [0, 0.05) is 28.7 Å². The first kappa shape index (κ1) is 13.9. The van der Waals surface area contributed by atoms with Gasteiger partial charge in [0.15, 0.2) is 0 Å². The van der Waals surface area contributed by atoms with Crippen molar-refractivity contribution in [3.8, 4) is 0 Å². The Labute approximate surface area is 126 Å². The summed E-state index contributed by atoms with van der Waals surface area (Å²) in [5.74, 6) is 0. The summed E-state index contributed by atoms with van der Waals surface area (Å²) in [6.07, 6.45) is 2.09. The smallest absolute Gasteiger partial charge is 0.0804 e. The Hall–Kier alpha value is -2.09. The maximum atomic E-state index is 4.95. The second-order valence-electron chi connectivity index (χ2n) is 5.52. The van der Waals surface area contributed by atoms with Crippen molar-refractivity contribution in [1.82, 2.24) is 4.98 Å². The molecule has 21 heavy (non-hydrogen) atoms. The Morgan fingerprint density at radius 2 is 1.81 bits per heavy atom. The van der Waals surface area contributed by atoms with Crippen molar-refractivity contribution >= 4 is 27.4 Å². The second kappa shape index (κ2) is 5.72. The van der Waals surface area contributed by atoms with Crippen LogP contribution in [0, 0.1) is 6.92 Å². The number of anilines is 1. The van der Waals surface area contributed by atoms with Crippen LogP contribution in [0.5, 0.6) is 0 Å². The number of nitrogens with zero attached hydrogens (tertiary/aromatic N) is 1. The zero-order chi connectivity index (χ0) is 14.8. The van der Waals surface area contributed by atoms with Gasteiger partial charge in [0.1, 0.15) is 0 Å². The van der Waals surface area contributed by atoms with E-state index in [0.717, 1.165) is 24.9 Å². The molecule has 0 atom stereocenters. The van der Waals surface area contributed by atoms with E-state index >= 15 is 0 Å². The Kier molecular flexibility index (Phi) is 3.78. The quantitative estimate of drug-likeness (QED) is 0.673. The number of hydrogen-bond acceptors (Lipinski definition) is 2. The molecule has 2 nitrogen and oxygen atoms in total. The fraction of sp³-hybridized carbons (Fsp3) is 0.316. The van der Waals surface area contributed by atoms with E-state index in [1.807, 2.05) is 0 Å². The molecule has 0 saturated carbocycles. The summed E-state index contributed by atoms with van der Waals surface area (Å²) in [6.45, 7) is 7.55. The number of aryl methyl sites for hydroxylation is 1. The van der Waals surface area contributed by atoms with Gasteiger partial charge >= 0.3 is 0 Å². The topological polar surface area (TPSA) is 24.9 Å². The van der Waals surface area contributed by atoms with Crippen molar-refractivity contribution < 1.29 is 0 Å². The highest BCUT2D eigenvalue weighted by Crippen LogP contribution is 2.32. The maximum absolute atomic E-state index is 4.95. The predicted octanol–water partition coefficient (Wildman–Crippen LogP) is 5.08. The zero-order valence-corrected chi connectivity index (χ0v) is 13.0. The summed E-state index contributed by atoms with van der Waals surface area (Å²) < 4.78 is 0. The van der Waals surface area contributed by atoms with Crippen LogP contribution in [0.3, 0.4) is 0 Å². The Morgan fingerprint density at radius 3 is 2.57 bits per heavy atom. The lowest BCUT2D eigenvalue weighted by molar-refractivity contribution is 0.970. The van der Waals surface area contributed by atoms with Crippen LogP contribution >= 0.6 is 0 Å². The van der Waals surface area contributed by atoms with Crippen molar-refractivity contribution in [2.24, 2.45) is 0 Å². The minimum Gasteiger partial charge on any atom is -0.384 e. The Bertz CT molecular complexity index is 790. The van der Waals surface area contributed by atoms with Gasteiger partial charge < -0.3 is 5.32 Å². The fourth-order valence-electron chi connectivity index (χ4n) is 2.96. The van der Waals surface area contributed by atoms with Crippen LogP contribution in [0.4, 0.5) is 5.69 Å². The summed E-state index contributed by atoms with van der Waals surface area (Å²) in [5.41, 5.74) is 4.85. The third kappa shape index (κ3) is 2.35. The molecule has 0 saturated heterocycles. The first-order valence-electron chi connectivity index (χ1n) is 7.81. The number of pyridine rings is 1. The van der Waals surface area contributed by atoms with Crippen molar-refractivity contribution in [2.45, 2.75) is 33.6 Å². The fourth-order valence-corrected chi connectivity index (χ4v) is 2.96. The van der Waals surface area contributed by atoms with Crippen LogP contribution < -0.4 is 5.32 Å². The highest BCUT2D eigenvalue weighted by Gasteiger charge is 2.12. The average molecular weight is 278 g/mol. The van der Waals surface area contributed by atoms with E-state index in [4.69, 9.17) is 4.98 Å². The zero-order valence-electron chi connectivity index (χ0n) is 13.0. The SMILES string of the molecule is CCCNc1c(C)c(CC)nc2c1ccc1ccccc12. The van der Waals surface area contributed by atoms with Crippen molar-refractivity contribution in [1.29, 1.82) is 0 Å². The largest absolute Gasteiger partial charge is 0.384 e. The molecule has 0 aliphatic rings. The Morgan fingerprint density at radius 1 is 1.00 bits per heavy atom. The maximum Gasteiger partial charge on any atom is 0.0804 e. The third-order valence-electron chi connectivity index (χ3n) is 4.11. The van der Waals surface area contributed by atoms with Crippen LogP contribution in [0.1, 0.15) is 31.5 Å². The summed E-state index contributed by atoms with van der Waals surface area (Å²) in [6, 6.07) is 12.9. The first-order chi connectivity index (χ1) is 10.3. The van der Waals surface area contributed by atoms with Gasteiger partial charge in [-0.3, -0.25) is 4.98 Å². The van der Waals surface area contributed by atoms with Crippen LogP contribution in [0.2, 0.25) is 0 Å². The van der Waals surface area contributed by atoms with E-state index in [1.54, 1.807) is 0 Å². The number of hydrogen-bond donors (Lipinski definition) is 1. The normalized spacial score (nSPS) is 11.2. The molecule has 0 fully saturated rings. The number of fused-ring (bicyclic) bond motifs is 3. The minimum atomic E-state index is 0.964. The molecule has 0 radical (unpaired) electrons. The van der Waals surface area contributed by atoms with Gasteiger partial charge in [-0.1, -0.05) is 50.2 Å². The number of benzene rings is 2. The van der Waals surface area contributed by atoms with E-state index in [0.29, 0.717) is 0 Å². The molecule has 0 unspecified atom stereocenters. The van der Waals surface area contributed by atoms with Gasteiger partial charge in [0.2, 0.25) is 0 Å². The molecular weight excluding hydrogens is 256 g/mol. The molecule has 3 aromatic rings. The molecule has 0 amide bonds. The van der Waals surface area contributed by atoms with Gasteiger partial charge in [0.05, 0.1) is 5.52 Å². The molecule has 0 spiro atoms. The van der Waals surface area contributed by atoms with Gasteiger partial charge in [-0.15, -0.1) is 0 Å². The van der Waals surface area contributed by atoms with E-state index < -0.39 is 0 Å². The summed E-state index contributed by atoms with van der Waals surface area (Å²) in [7, 11) is 0. The second-order valence-corrected chi connectivity index (χ2v) is 5.52. The standard InChI is InChI=1S/C19H22N2/c1-4-12-20-18-13(3)17(5-2)21-19-15-9-7-6-8-14(15)10-11-16(18)19/h6-11H,4-5,12H2,1-3H3,(H,20,21). The van der Waals surface area contributed by atoms with Crippen molar-refractivity contribution in [3.05, 3.63) is 47.7 Å². The lowest BCUT2D eigenvalue weighted by Crippen LogP contribution is -2.06. The van der Waals surface area contributed by atoms with Crippen LogP contribution in [-0.2, 0) is 6.42 Å². The molecule has 1 N–H and O–H groups in total. The monoisotopic (exact) mass is 278 g/mol. The molecule has 0 aliphatic heterocycles. The molecule has 3 rings (SSSR count). The summed E-state index contributed by atoms with van der Waals surface area (Å²) in [4.78, 5) is 4.95. The van der Waals surface area contributed by atoms with Crippen LogP contribution in [-0.4, -0.2) is 11.5 Å². The molecular formula is C19H22N2. The molecule has 2 aromatic carbocycles. The average Bonchev–Trinajstić information content (AvgIpc) is 2.53. The molecule has 2 heteroatoms. The molecule has 108 valence electrons. The van der Waals surface area contributed by atoms with Gasteiger partial charge in [-0.2, -0.15) is 0 Å². The predicted molar refractivity (Wildman–Crippen MR) is 92.1 cm³/mol. The Balaban J connectivity index is 2.37. The number of rotatable bonds is 4. The number of nitrogens with one attached hydrogen (secondary N) is 1. The van der Waals surface area contributed by atoms with Gasteiger partial charge in [0.25, 0.3) is 0 Å². The van der Waals surface area contributed by atoms with E-state index in [2.05, 4.69) is 62.5 Å². The highest BCUT2D eigenvalue weighted by atomic mass is 14.9. The van der Waals surface area contributed by atoms with E-state index in [9.17, 15) is 0 Å². The minimum absolute atomic E-state index is 0.964. The summed E-state index contributed by atoms with van der Waals surface area (Å²) in [5, 5.41) is 7.33. The van der Waals surface area contributed by atoms with Crippen LogP contribution in [0.25, 0.3) is 21.7 Å². The van der Waals surface area contributed by atoms with Gasteiger partial charge in [-0.25, -0.2) is 0 Å². The van der Waals surface area contributed by atoms with E-state index in [-0.39, 0.29) is 0 Å². The van der Waals surface area contributed by atoms with E-state index in [1.165, 1.54) is 33.1 Å². The molecule has 0 bridgehead atoms. The lowest BCUT2D eigenvalue weighted by atomic mass is 10.0.